The van der Waals surface area contributed by atoms with Crippen molar-refractivity contribution >= 4 is 40.3 Å². The Hall–Kier alpha value is -0.130. The van der Waals surface area contributed by atoms with Crippen LogP contribution in [-0.2, 0) is 4.74 Å². The van der Waals surface area contributed by atoms with E-state index in [1.807, 2.05) is 0 Å². The summed E-state index contributed by atoms with van der Waals surface area (Å²) in [5.74, 6) is 0.0562. The Bertz CT molecular complexity index is 491. The minimum Gasteiger partial charge on any atom is -0.375 e. The van der Waals surface area contributed by atoms with Gasteiger partial charge in [-0.2, -0.15) is 0 Å². The van der Waals surface area contributed by atoms with Crippen LogP contribution in [-0.4, -0.2) is 42.5 Å². The number of halogens is 2. The molecule has 2 heterocycles. The minimum atomic E-state index is 0.0562. The topological polar surface area (TPSA) is 29.5 Å². The molecular formula is C13H15Cl2NO2S. The lowest BCUT2D eigenvalue weighted by molar-refractivity contribution is -0.0522. The van der Waals surface area contributed by atoms with Gasteiger partial charge >= 0.3 is 0 Å². The number of nitrogens with zero attached hydrogens (tertiary/aromatic N) is 1. The van der Waals surface area contributed by atoms with Crippen LogP contribution in [0.25, 0.3) is 0 Å². The Kier molecular flexibility index (Phi) is 4.15. The van der Waals surface area contributed by atoms with Gasteiger partial charge in [-0.15, -0.1) is 11.3 Å². The monoisotopic (exact) mass is 319 g/mol. The molecule has 0 spiro atoms. The van der Waals surface area contributed by atoms with Crippen molar-refractivity contribution in [2.24, 2.45) is 0 Å². The number of morpholine rings is 1. The van der Waals surface area contributed by atoms with E-state index in [0.29, 0.717) is 39.5 Å². The molecule has 19 heavy (non-hydrogen) atoms. The smallest absolute Gasteiger partial charge is 0.179 e. The number of ketones is 1. The van der Waals surface area contributed by atoms with Crippen molar-refractivity contribution in [3.63, 3.8) is 0 Å². The molecule has 6 heteroatoms. The van der Waals surface area contributed by atoms with Gasteiger partial charge in [0.05, 0.1) is 29.2 Å². The van der Waals surface area contributed by atoms with Crippen LogP contribution in [0.3, 0.4) is 0 Å². The van der Waals surface area contributed by atoms with Crippen LogP contribution < -0.4 is 0 Å². The summed E-state index contributed by atoms with van der Waals surface area (Å²) in [6, 6.07) is 2.06. The van der Waals surface area contributed by atoms with E-state index >= 15 is 0 Å². The molecule has 0 N–H and O–H groups in total. The van der Waals surface area contributed by atoms with Gasteiger partial charge in [0.2, 0.25) is 0 Å². The molecule has 0 aromatic carbocycles. The lowest BCUT2D eigenvalue weighted by atomic mass is 10.1. The number of carbonyl (C=O) groups is 1. The molecule has 0 bridgehead atoms. The Morgan fingerprint density at radius 3 is 3.05 bits per heavy atom. The van der Waals surface area contributed by atoms with Gasteiger partial charge in [0.15, 0.2) is 5.78 Å². The predicted octanol–water partition coefficient (Wildman–Crippen LogP) is 3.49. The van der Waals surface area contributed by atoms with E-state index in [-0.39, 0.29) is 5.78 Å². The molecule has 1 saturated heterocycles. The summed E-state index contributed by atoms with van der Waals surface area (Å²) in [7, 11) is 0. The van der Waals surface area contributed by atoms with Gasteiger partial charge in [0.1, 0.15) is 4.34 Å². The molecule has 1 aliphatic heterocycles. The summed E-state index contributed by atoms with van der Waals surface area (Å²) < 4.78 is 6.80. The van der Waals surface area contributed by atoms with E-state index in [0.717, 1.165) is 19.4 Å². The molecule has 2 fully saturated rings. The van der Waals surface area contributed by atoms with E-state index in [2.05, 4.69) is 4.90 Å². The minimum absolute atomic E-state index is 0.0562. The SMILES string of the molecule is O=C(CN1CCOC2CCCC21)c1cc(Cl)sc1Cl. The molecular weight excluding hydrogens is 305 g/mol. The highest BCUT2D eigenvalue weighted by atomic mass is 35.5. The van der Waals surface area contributed by atoms with Crippen LogP contribution in [0.2, 0.25) is 8.67 Å². The lowest BCUT2D eigenvalue weighted by Crippen LogP contribution is -2.50. The van der Waals surface area contributed by atoms with E-state index in [1.165, 1.54) is 17.8 Å². The van der Waals surface area contributed by atoms with Crippen LogP contribution in [0.1, 0.15) is 29.6 Å². The summed E-state index contributed by atoms with van der Waals surface area (Å²) >= 11 is 13.2. The second kappa shape index (κ2) is 5.70. The molecule has 3 nitrogen and oxygen atoms in total. The van der Waals surface area contributed by atoms with Gasteiger partial charge in [-0.05, 0) is 25.3 Å². The number of fused-ring (bicyclic) bond motifs is 1. The third kappa shape index (κ3) is 2.83. The van der Waals surface area contributed by atoms with E-state index in [4.69, 9.17) is 27.9 Å². The maximum Gasteiger partial charge on any atom is 0.179 e. The highest BCUT2D eigenvalue weighted by Gasteiger charge is 2.36. The van der Waals surface area contributed by atoms with Crippen LogP contribution in [0, 0.1) is 0 Å². The Morgan fingerprint density at radius 1 is 1.47 bits per heavy atom. The van der Waals surface area contributed by atoms with Crippen LogP contribution in [0.15, 0.2) is 6.07 Å². The van der Waals surface area contributed by atoms with Crippen LogP contribution in [0.5, 0.6) is 0 Å². The fraction of sp³-hybridized carbons (Fsp3) is 0.615. The summed E-state index contributed by atoms with van der Waals surface area (Å²) in [5.41, 5.74) is 0.553. The third-order valence-electron chi connectivity index (χ3n) is 3.90. The number of hydrogen-bond acceptors (Lipinski definition) is 4. The van der Waals surface area contributed by atoms with E-state index in [1.54, 1.807) is 6.07 Å². The van der Waals surface area contributed by atoms with Gasteiger partial charge in [-0.3, -0.25) is 9.69 Å². The number of carbonyl (C=O) groups excluding carboxylic acids is 1. The largest absolute Gasteiger partial charge is 0.375 e. The third-order valence-corrected chi connectivity index (χ3v) is 5.39. The van der Waals surface area contributed by atoms with Gasteiger partial charge in [0, 0.05) is 12.6 Å². The van der Waals surface area contributed by atoms with Gasteiger partial charge in [-0.1, -0.05) is 23.2 Å². The zero-order valence-electron chi connectivity index (χ0n) is 10.4. The summed E-state index contributed by atoms with van der Waals surface area (Å²) in [5, 5.41) is 0. The van der Waals surface area contributed by atoms with Crippen molar-refractivity contribution in [1.29, 1.82) is 0 Å². The maximum absolute atomic E-state index is 12.3. The molecule has 1 aromatic heterocycles. The first-order valence-corrected chi connectivity index (χ1v) is 8.06. The maximum atomic E-state index is 12.3. The molecule has 2 atom stereocenters. The van der Waals surface area contributed by atoms with Crippen molar-refractivity contribution < 1.29 is 9.53 Å². The standard InChI is InChI=1S/C13H15Cl2NO2S/c14-12-6-8(13(15)19-12)10(17)7-16-4-5-18-11-3-1-2-9(11)16/h6,9,11H,1-5,7H2. The van der Waals surface area contributed by atoms with Crippen molar-refractivity contribution in [3.8, 4) is 0 Å². The van der Waals surface area contributed by atoms with Crippen molar-refractivity contribution in [2.45, 2.75) is 31.4 Å². The molecule has 2 aliphatic rings. The highest BCUT2D eigenvalue weighted by Crippen LogP contribution is 2.33. The summed E-state index contributed by atoms with van der Waals surface area (Å²) in [4.78, 5) is 14.6. The Labute approximate surface area is 126 Å². The average Bonchev–Trinajstić information content (AvgIpc) is 2.96. The fourth-order valence-corrected chi connectivity index (χ4v) is 4.50. The number of rotatable bonds is 3. The van der Waals surface area contributed by atoms with Gasteiger partial charge < -0.3 is 4.74 Å². The molecule has 0 radical (unpaired) electrons. The predicted molar refractivity (Wildman–Crippen MR) is 77.6 cm³/mol. The molecule has 1 aromatic rings. The quantitative estimate of drug-likeness (QED) is 0.799. The Balaban J connectivity index is 1.70. The van der Waals surface area contributed by atoms with Crippen molar-refractivity contribution in [1.82, 2.24) is 4.90 Å². The number of thiophene rings is 1. The van der Waals surface area contributed by atoms with E-state index in [9.17, 15) is 4.79 Å². The number of ether oxygens (including phenoxy) is 1. The molecule has 104 valence electrons. The van der Waals surface area contributed by atoms with Crippen molar-refractivity contribution in [2.75, 3.05) is 19.7 Å². The Morgan fingerprint density at radius 2 is 2.32 bits per heavy atom. The fourth-order valence-electron chi connectivity index (χ4n) is 3.00. The van der Waals surface area contributed by atoms with Crippen LogP contribution in [0.4, 0.5) is 0 Å². The average molecular weight is 320 g/mol. The zero-order chi connectivity index (χ0) is 13.4. The van der Waals surface area contributed by atoms with Crippen LogP contribution >= 0.6 is 34.5 Å². The number of Topliss-reactive ketones (excluding diaryl/α,β-unsaturated/α-hetero) is 1. The molecule has 3 rings (SSSR count). The summed E-state index contributed by atoms with van der Waals surface area (Å²) in [6.45, 7) is 1.95. The summed E-state index contributed by atoms with van der Waals surface area (Å²) in [6.07, 6.45) is 3.73. The second-order valence-electron chi connectivity index (χ2n) is 5.04. The molecule has 1 aliphatic carbocycles. The first-order chi connectivity index (χ1) is 9.15. The van der Waals surface area contributed by atoms with Crippen molar-refractivity contribution in [3.05, 3.63) is 20.3 Å². The molecule has 1 saturated carbocycles. The first kappa shape index (κ1) is 13.8. The second-order valence-corrected chi connectivity index (χ2v) is 7.32. The van der Waals surface area contributed by atoms with Gasteiger partial charge in [-0.25, -0.2) is 0 Å². The molecule has 0 amide bonds. The van der Waals surface area contributed by atoms with Gasteiger partial charge in [0.25, 0.3) is 0 Å². The van der Waals surface area contributed by atoms with E-state index < -0.39 is 0 Å². The normalized spacial score (nSPS) is 27.5. The highest BCUT2D eigenvalue weighted by molar-refractivity contribution is 7.20. The lowest BCUT2D eigenvalue weighted by Gasteiger charge is -2.37. The number of hydrogen-bond donors (Lipinski definition) is 0. The zero-order valence-corrected chi connectivity index (χ0v) is 12.7. The first-order valence-electron chi connectivity index (χ1n) is 6.49. The molecule has 2 unspecified atom stereocenters.